The van der Waals surface area contributed by atoms with Crippen LogP contribution >= 0.6 is 0 Å². The van der Waals surface area contributed by atoms with Gasteiger partial charge in [0.15, 0.2) is 5.82 Å². The third-order valence-corrected chi connectivity index (χ3v) is 4.08. The standard InChI is InChI=1S/C16H18N6O2/c1-2-23-14-8-3-5-10(17-14)9-13-18-16(24-21-13)11-6-4-7-12-15(11)20-22-19-12/h3,5,8,11H,2,4,6-7,9H2,1H3,(H,19,20,22). The second-order valence-electron chi connectivity index (χ2n) is 5.73. The number of nitrogens with zero attached hydrogens (tertiary/aromatic N) is 5. The van der Waals surface area contributed by atoms with E-state index in [2.05, 4.69) is 30.5 Å². The Bertz CT molecular complexity index is 827. The van der Waals surface area contributed by atoms with E-state index in [9.17, 15) is 0 Å². The third-order valence-electron chi connectivity index (χ3n) is 4.08. The van der Waals surface area contributed by atoms with Gasteiger partial charge in [0, 0.05) is 6.07 Å². The van der Waals surface area contributed by atoms with Crippen LogP contribution in [0.1, 0.15) is 54.5 Å². The Morgan fingerprint density at radius 1 is 1.29 bits per heavy atom. The van der Waals surface area contributed by atoms with Crippen molar-refractivity contribution in [1.29, 1.82) is 0 Å². The Balaban J connectivity index is 1.53. The monoisotopic (exact) mass is 326 g/mol. The Hall–Kier alpha value is -2.77. The molecule has 0 spiro atoms. The van der Waals surface area contributed by atoms with Gasteiger partial charge in [0.05, 0.1) is 36.0 Å². The van der Waals surface area contributed by atoms with Gasteiger partial charge in [0.25, 0.3) is 0 Å². The van der Waals surface area contributed by atoms with Crippen LogP contribution in [0.15, 0.2) is 22.7 Å². The molecule has 0 bridgehead atoms. The van der Waals surface area contributed by atoms with Crippen LogP contribution in [0, 0.1) is 0 Å². The molecule has 0 amide bonds. The molecule has 124 valence electrons. The van der Waals surface area contributed by atoms with Crippen LogP contribution in [-0.4, -0.2) is 37.1 Å². The van der Waals surface area contributed by atoms with Gasteiger partial charge in [-0.25, -0.2) is 4.98 Å². The summed E-state index contributed by atoms with van der Waals surface area (Å²) in [6.45, 7) is 2.52. The second-order valence-corrected chi connectivity index (χ2v) is 5.73. The summed E-state index contributed by atoms with van der Waals surface area (Å²) in [5.41, 5.74) is 2.77. The molecular formula is C16H18N6O2. The lowest BCUT2D eigenvalue weighted by Crippen LogP contribution is -2.11. The van der Waals surface area contributed by atoms with Crippen LogP contribution < -0.4 is 4.74 Å². The van der Waals surface area contributed by atoms with Crippen LogP contribution in [0.4, 0.5) is 0 Å². The van der Waals surface area contributed by atoms with Crippen molar-refractivity contribution < 1.29 is 9.26 Å². The van der Waals surface area contributed by atoms with Crippen molar-refractivity contribution >= 4 is 0 Å². The van der Waals surface area contributed by atoms with Crippen molar-refractivity contribution in [2.75, 3.05) is 6.61 Å². The molecule has 0 saturated carbocycles. The average Bonchev–Trinajstić information content (AvgIpc) is 3.24. The van der Waals surface area contributed by atoms with Crippen molar-refractivity contribution in [3.63, 3.8) is 0 Å². The lowest BCUT2D eigenvalue weighted by molar-refractivity contribution is 0.326. The zero-order valence-electron chi connectivity index (χ0n) is 13.4. The number of pyridine rings is 1. The first-order valence-electron chi connectivity index (χ1n) is 8.14. The minimum Gasteiger partial charge on any atom is -0.478 e. The summed E-state index contributed by atoms with van der Waals surface area (Å²) in [4.78, 5) is 8.98. The number of rotatable bonds is 5. The molecule has 1 aliphatic rings. The SMILES string of the molecule is CCOc1cccc(Cc2noc(C3CCCc4n[nH]nc43)n2)n1. The summed E-state index contributed by atoms with van der Waals surface area (Å²) in [6, 6.07) is 5.68. The maximum Gasteiger partial charge on any atom is 0.235 e. The van der Waals surface area contributed by atoms with E-state index >= 15 is 0 Å². The molecule has 1 aliphatic carbocycles. The molecule has 24 heavy (non-hydrogen) atoms. The summed E-state index contributed by atoms with van der Waals surface area (Å²) < 4.78 is 10.9. The second kappa shape index (κ2) is 6.38. The number of hydrogen-bond acceptors (Lipinski definition) is 7. The maximum absolute atomic E-state index is 5.48. The van der Waals surface area contributed by atoms with Crippen molar-refractivity contribution in [3.05, 3.63) is 47.0 Å². The Kier molecular flexibility index (Phi) is 3.94. The lowest BCUT2D eigenvalue weighted by atomic mass is 9.90. The number of ether oxygens (including phenoxy) is 1. The van der Waals surface area contributed by atoms with Gasteiger partial charge >= 0.3 is 0 Å². The van der Waals surface area contributed by atoms with E-state index in [1.54, 1.807) is 0 Å². The molecule has 1 unspecified atom stereocenters. The predicted molar refractivity (Wildman–Crippen MR) is 83.7 cm³/mol. The van der Waals surface area contributed by atoms with E-state index in [0.29, 0.717) is 30.6 Å². The maximum atomic E-state index is 5.48. The Morgan fingerprint density at radius 2 is 2.25 bits per heavy atom. The highest BCUT2D eigenvalue weighted by Crippen LogP contribution is 2.33. The number of aromatic amines is 1. The fourth-order valence-corrected chi connectivity index (χ4v) is 3.00. The number of nitrogens with one attached hydrogen (secondary N) is 1. The van der Waals surface area contributed by atoms with Crippen molar-refractivity contribution in [2.24, 2.45) is 0 Å². The molecule has 4 rings (SSSR count). The van der Waals surface area contributed by atoms with E-state index < -0.39 is 0 Å². The highest BCUT2D eigenvalue weighted by atomic mass is 16.5. The average molecular weight is 326 g/mol. The molecule has 3 heterocycles. The van der Waals surface area contributed by atoms with Crippen molar-refractivity contribution in [2.45, 2.75) is 38.5 Å². The van der Waals surface area contributed by atoms with E-state index in [-0.39, 0.29) is 5.92 Å². The molecule has 0 saturated heterocycles. The van der Waals surface area contributed by atoms with E-state index in [1.165, 1.54) is 0 Å². The van der Waals surface area contributed by atoms with Crippen LogP contribution in [-0.2, 0) is 12.8 Å². The molecule has 1 N–H and O–H groups in total. The predicted octanol–water partition coefficient (Wildman–Crippen LogP) is 2.04. The van der Waals surface area contributed by atoms with E-state index in [0.717, 1.165) is 36.3 Å². The summed E-state index contributed by atoms with van der Waals surface area (Å²) in [5, 5.41) is 15.2. The minimum absolute atomic E-state index is 0.0245. The van der Waals surface area contributed by atoms with Crippen LogP contribution in [0.3, 0.4) is 0 Å². The quantitative estimate of drug-likeness (QED) is 0.765. The number of H-pyrrole nitrogens is 1. The van der Waals surface area contributed by atoms with Crippen LogP contribution in [0.2, 0.25) is 0 Å². The fraction of sp³-hybridized carbons (Fsp3) is 0.438. The van der Waals surface area contributed by atoms with Crippen molar-refractivity contribution in [1.82, 2.24) is 30.5 Å². The molecule has 1 atom stereocenters. The first kappa shape index (κ1) is 14.8. The fourth-order valence-electron chi connectivity index (χ4n) is 3.00. The summed E-state index contributed by atoms with van der Waals surface area (Å²) >= 11 is 0. The topological polar surface area (TPSA) is 103 Å². The zero-order chi connectivity index (χ0) is 16.4. The van der Waals surface area contributed by atoms with Gasteiger partial charge < -0.3 is 9.26 Å². The molecule has 3 aromatic rings. The summed E-state index contributed by atoms with van der Waals surface area (Å²) in [6.07, 6.45) is 3.43. The highest BCUT2D eigenvalue weighted by Gasteiger charge is 2.30. The van der Waals surface area contributed by atoms with Crippen molar-refractivity contribution in [3.8, 4) is 5.88 Å². The zero-order valence-corrected chi connectivity index (χ0v) is 13.4. The van der Waals surface area contributed by atoms with Gasteiger partial charge in [-0.15, -0.1) is 0 Å². The molecule has 8 nitrogen and oxygen atoms in total. The smallest absolute Gasteiger partial charge is 0.235 e. The largest absolute Gasteiger partial charge is 0.478 e. The minimum atomic E-state index is 0.0245. The first-order valence-corrected chi connectivity index (χ1v) is 8.14. The number of aromatic nitrogens is 6. The number of fused-ring (bicyclic) bond motifs is 1. The first-order chi connectivity index (χ1) is 11.8. The lowest BCUT2D eigenvalue weighted by Gasteiger charge is -2.15. The molecule has 3 aromatic heterocycles. The van der Waals surface area contributed by atoms with Gasteiger partial charge in [-0.1, -0.05) is 11.2 Å². The molecular weight excluding hydrogens is 308 g/mol. The number of hydrogen-bond donors (Lipinski definition) is 1. The Labute approximate surface area is 138 Å². The molecule has 0 radical (unpaired) electrons. The molecule has 0 fully saturated rings. The molecule has 0 aliphatic heterocycles. The van der Waals surface area contributed by atoms with E-state index in [1.807, 2.05) is 25.1 Å². The summed E-state index contributed by atoms with van der Waals surface area (Å²) in [5.74, 6) is 1.84. The van der Waals surface area contributed by atoms with Gasteiger partial charge in [-0.05, 0) is 32.3 Å². The third kappa shape index (κ3) is 2.86. The van der Waals surface area contributed by atoms with Gasteiger partial charge in [0.2, 0.25) is 11.8 Å². The summed E-state index contributed by atoms with van der Waals surface area (Å²) in [7, 11) is 0. The number of aryl methyl sites for hydroxylation is 1. The van der Waals surface area contributed by atoms with Crippen LogP contribution in [0.25, 0.3) is 0 Å². The highest BCUT2D eigenvalue weighted by molar-refractivity contribution is 5.24. The normalized spacial score (nSPS) is 16.8. The van der Waals surface area contributed by atoms with Gasteiger partial charge in [-0.3, -0.25) is 0 Å². The van der Waals surface area contributed by atoms with Gasteiger partial charge in [0.1, 0.15) is 0 Å². The van der Waals surface area contributed by atoms with Crippen LogP contribution in [0.5, 0.6) is 5.88 Å². The molecule has 8 heteroatoms. The Morgan fingerprint density at radius 3 is 3.17 bits per heavy atom. The molecule has 0 aromatic carbocycles. The van der Waals surface area contributed by atoms with E-state index in [4.69, 9.17) is 9.26 Å². The van der Waals surface area contributed by atoms with Gasteiger partial charge in [-0.2, -0.15) is 20.4 Å².